The topological polar surface area (TPSA) is 0 Å². The number of hydrogen-bond acceptors (Lipinski definition) is 0. The maximum absolute atomic E-state index is 2.31. The first-order chi connectivity index (χ1) is 1.73. The van der Waals surface area contributed by atoms with Crippen molar-refractivity contribution in [2.45, 2.75) is 19.6 Å². The van der Waals surface area contributed by atoms with E-state index in [9.17, 15) is 0 Å². The molecule has 0 nitrogen and oxygen atoms in total. The average Bonchev–Trinajstić information content (AvgIpc) is 0.811. The Labute approximate surface area is 78.4 Å². The Kier molecular flexibility index (Phi) is 11.7. The van der Waals surface area contributed by atoms with Crippen molar-refractivity contribution in [2.75, 3.05) is 0 Å². The van der Waals surface area contributed by atoms with E-state index in [1.54, 1.807) is 0 Å². The molecule has 0 N–H and O–H groups in total. The summed E-state index contributed by atoms with van der Waals surface area (Å²) in [5.41, 5.74) is 0. The van der Waals surface area contributed by atoms with Gasteiger partial charge in [0.2, 0.25) is 0 Å². The van der Waals surface area contributed by atoms with Gasteiger partial charge in [-0.25, -0.2) is 0 Å². The third-order valence-electron chi connectivity index (χ3n) is 0. The first-order valence-corrected chi connectivity index (χ1v) is 5.20. The van der Waals surface area contributed by atoms with Crippen LogP contribution in [0.5, 0.6) is 0 Å². The van der Waals surface area contributed by atoms with Crippen molar-refractivity contribution in [1.82, 2.24) is 0 Å². The molecule has 0 aromatic rings. The molecule has 0 spiro atoms. The second-order valence-electron chi connectivity index (χ2n) is 1.73. The fourth-order valence-corrected chi connectivity index (χ4v) is 0. The standard InChI is InChI=1S/C3H10Si.K/c1-4(2)3;/h4H,1-3H3;. The third kappa shape index (κ3) is 25.3. The molecule has 0 bridgehead atoms. The molecule has 0 unspecified atom stereocenters. The molecule has 0 heterocycles. The quantitative estimate of drug-likeness (QED) is 0.406. The van der Waals surface area contributed by atoms with Crippen molar-refractivity contribution >= 4 is 60.2 Å². The van der Waals surface area contributed by atoms with E-state index in [1.165, 1.54) is 0 Å². The van der Waals surface area contributed by atoms with E-state index in [-0.39, 0.29) is 60.2 Å². The summed E-state index contributed by atoms with van der Waals surface area (Å²) in [7, 11) is -0.139. The molecule has 27 valence electrons. The predicted octanol–water partition coefficient (Wildman–Crippen LogP) is 0.722. The number of rotatable bonds is 0. The SMILES string of the molecule is C[SiH](C)C.[K]. The van der Waals surface area contributed by atoms with Gasteiger partial charge in [-0.2, -0.15) is 0 Å². The Bertz CT molecular complexity index is 11.6. The zero-order chi connectivity index (χ0) is 3.58. The normalized spacial score (nSPS) is 7.20. The monoisotopic (exact) mass is 113 g/mol. The van der Waals surface area contributed by atoms with Crippen LogP contribution in [-0.4, -0.2) is 60.2 Å². The molecule has 0 amide bonds. The van der Waals surface area contributed by atoms with Gasteiger partial charge in [-0.3, -0.25) is 0 Å². The molecule has 0 atom stereocenters. The molecule has 5 heavy (non-hydrogen) atoms. The summed E-state index contributed by atoms with van der Waals surface area (Å²) >= 11 is 0. The second-order valence-corrected chi connectivity index (χ2v) is 5.20. The van der Waals surface area contributed by atoms with Gasteiger partial charge in [0.25, 0.3) is 0 Å². The molecule has 0 aromatic carbocycles. The number of hydrogen-bond donors (Lipinski definition) is 0. The smallest absolute Gasteiger partial charge is 0.0274 e. The largest absolute Gasteiger partial charge is 0.0724 e. The minimum Gasteiger partial charge on any atom is -0.0724 e. The molecule has 0 aliphatic rings. The van der Waals surface area contributed by atoms with E-state index in [0.717, 1.165) is 0 Å². The van der Waals surface area contributed by atoms with E-state index in [0.29, 0.717) is 0 Å². The summed E-state index contributed by atoms with van der Waals surface area (Å²) in [6, 6.07) is 0. The fraction of sp³-hybridized carbons (Fsp3) is 1.00. The van der Waals surface area contributed by atoms with Crippen LogP contribution < -0.4 is 0 Å². The summed E-state index contributed by atoms with van der Waals surface area (Å²) in [6.07, 6.45) is 0. The van der Waals surface area contributed by atoms with Gasteiger partial charge in [0.1, 0.15) is 0 Å². The van der Waals surface area contributed by atoms with Gasteiger partial charge in [-0.1, -0.05) is 19.6 Å². The first-order valence-electron chi connectivity index (χ1n) is 1.73. The van der Waals surface area contributed by atoms with E-state index < -0.39 is 0 Å². The molecule has 0 rings (SSSR count). The molecule has 0 saturated carbocycles. The van der Waals surface area contributed by atoms with Crippen molar-refractivity contribution in [1.29, 1.82) is 0 Å². The Hall–Kier alpha value is 1.85. The molecule has 0 aliphatic carbocycles. The Morgan fingerprint density at radius 1 is 1.00 bits per heavy atom. The van der Waals surface area contributed by atoms with E-state index in [2.05, 4.69) is 19.6 Å². The van der Waals surface area contributed by atoms with Crippen molar-refractivity contribution < 1.29 is 0 Å². The van der Waals surface area contributed by atoms with E-state index in [4.69, 9.17) is 0 Å². The van der Waals surface area contributed by atoms with E-state index in [1.807, 2.05) is 0 Å². The molecule has 2 heteroatoms. The van der Waals surface area contributed by atoms with Crippen LogP contribution in [0, 0.1) is 0 Å². The zero-order valence-corrected chi connectivity index (χ0v) is 8.86. The van der Waals surface area contributed by atoms with Gasteiger partial charge in [0.05, 0.1) is 0 Å². The van der Waals surface area contributed by atoms with Crippen molar-refractivity contribution in [3.8, 4) is 0 Å². The van der Waals surface area contributed by atoms with Crippen LogP contribution in [-0.2, 0) is 0 Å². The Morgan fingerprint density at radius 3 is 1.00 bits per heavy atom. The Morgan fingerprint density at radius 2 is 1.00 bits per heavy atom. The third-order valence-corrected chi connectivity index (χ3v) is 0. The summed E-state index contributed by atoms with van der Waals surface area (Å²) < 4.78 is 0. The van der Waals surface area contributed by atoms with Gasteiger partial charge >= 0.3 is 0 Å². The minimum absolute atomic E-state index is 0. The molecule has 1 radical (unpaired) electrons. The first kappa shape index (κ1) is 9.97. The molecular weight excluding hydrogens is 103 g/mol. The van der Waals surface area contributed by atoms with Crippen LogP contribution in [0.2, 0.25) is 19.6 Å². The predicted molar refractivity (Wildman–Crippen MR) is 30.5 cm³/mol. The van der Waals surface area contributed by atoms with Crippen LogP contribution in [0.3, 0.4) is 0 Å². The van der Waals surface area contributed by atoms with Crippen LogP contribution in [0.25, 0.3) is 0 Å². The summed E-state index contributed by atoms with van der Waals surface area (Å²) in [6.45, 7) is 6.92. The maximum Gasteiger partial charge on any atom is 0.0274 e. The van der Waals surface area contributed by atoms with Crippen LogP contribution in [0.4, 0.5) is 0 Å². The van der Waals surface area contributed by atoms with Crippen molar-refractivity contribution in [3.05, 3.63) is 0 Å². The van der Waals surface area contributed by atoms with Crippen LogP contribution in [0.15, 0.2) is 0 Å². The van der Waals surface area contributed by atoms with Crippen molar-refractivity contribution in [2.24, 2.45) is 0 Å². The Balaban J connectivity index is 0. The van der Waals surface area contributed by atoms with Gasteiger partial charge in [0, 0.05) is 60.2 Å². The molecule has 0 aromatic heterocycles. The molecule has 0 fully saturated rings. The second kappa shape index (κ2) is 5.85. The van der Waals surface area contributed by atoms with Crippen molar-refractivity contribution in [3.63, 3.8) is 0 Å². The minimum atomic E-state index is -0.139. The average molecular weight is 113 g/mol. The summed E-state index contributed by atoms with van der Waals surface area (Å²) in [5, 5.41) is 0. The van der Waals surface area contributed by atoms with Crippen LogP contribution >= 0.6 is 0 Å². The van der Waals surface area contributed by atoms with E-state index >= 15 is 0 Å². The summed E-state index contributed by atoms with van der Waals surface area (Å²) in [4.78, 5) is 0. The van der Waals surface area contributed by atoms with Gasteiger partial charge in [0.15, 0.2) is 0 Å². The zero-order valence-electron chi connectivity index (χ0n) is 4.58. The molecule has 0 aliphatic heterocycles. The molecular formula is C3H10KSi. The van der Waals surface area contributed by atoms with Gasteiger partial charge < -0.3 is 0 Å². The molecule has 0 saturated heterocycles. The summed E-state index contributed by atoms with van der Waals surface area (Å²) in [5.74, 6) is 0. The van der Waals surface area contributed by atoms with Crippen LogP contribution in [0.1, 0.15) is 0 Å². The van der Waals surface area contributed by atoms with Gasteiger partial charge in [-0.15, -0.1) is 0 Å². The fourth-order valence-electron chi connectivity index (χ4n) is 0. The van der Waals surface area contributed by atoms with Gasteiger partial charge in [-0.05, 0) is 0 Å². The maximum atomic E-state index is 2.31.